The Hall–Kier alpha value is -2.43. The highest BCUT2D eigenvalue weighted by molar-refractivity contribution is 5.72. The summed E-state index contributed by atoms with van der Waals surface area (Å²) in [5.41, 5.74) is 2.97. The molecular formula is C16H16N4O. The monoisotopic (exact) mass is 280 g/mol. The first-order chi connectivity index (χ1) is 10.3. The molecule has 0 amide bonds. The Kier molecular flexibility index (Phi) is 2.84. The van der Waals surface area contributed by atoms with E-state index in [9.17, 15) is 0 Å². The molecule has 2 heterocycles. The van der Waals surface area contributed by atoms with E-state index in [2.05, 4.69) is 15.1 Å². The molecule has 4 rings (SSSR count). The zero-order chi connectivity index (χ0) is 14.2. The molecule has 1 fully saturated rings. The third kappa shape index (κ3) is 2.46. The summed E-state index contributed by atoms with van der Waals surface area (Å²) in [6.07, 6.45) is 6.25. The minimum absolute atomic E-state index is 0.569. The van der Waals surface area contributed by atoms with Gasteiger partial charge in [0.1, 0.15) is 22.6 Å². The quantitative estimate of drug-likeness (QED) is 0.737. The van der Waals surface area contributed by atoms with Gasteiger partial charge in [-0.05, 0) is 30.5 Å². The summed E-state index contributed by atoms with van der Waals surface area (Å²) < 4.78 is 7.08. The fraction of sp³-hybridized carbons (Fsp3) is 0.312. The molecule has 1 aromatic carbocycles. The van der Waals surface area contributed by atoms with Crippen LogP contribution in [0.3, 0.4) is 0 Å². The molecule has 21 heavy (non-hydrogen) atoms. The maximum atomic E-state index is 5.17. The lowest BCUT2D eigenvalue weighted by Crippen LogP contribution is -1.99. The van der Waals surface area contributed by atoms with E-state index < -0.39 is 0 Å². The van der Waals surface area contributed by atoms with E-state index in [1.54, 1.807) is 7.11 Å². The molecule has 5 nitrogen and oxygen atoms in total. The van der Waals surface area contributed by atoms with Gasteiger partial charge < -0.3 is 4.74 Å². The van der Waals surface area contributed by atoms with Crippen molar-refractivity contribution in [1.82, 2.24) is 19.7 Å². The summed E-state index contributed by atoms with van der Waals surface area (Å²) in [4.78, 5) is 9.02. The minimum Gasteiger partial charge on any atom is -0.497 e. The maximum Gasteiger partial charge on any atom is 0.132 e. The van der Waals surface area contributed by atoms with Gasteiger partial charge in [0, 0.05) is 5.92 Å². The average Bonchev–Trinajstić information content (AvgIpc) is 3.28. The highest BCUT2D eigenvalue weighted by atomic mass is 16.5. The van der Waals surface area contributed by atoms with Crippen molar-refractivity contribution in [1.29, 1.82) is 0 Å². The normalized spacial score (nSPS) is 14.5. The van der Waals surface area contributed by atoms with Crippen LogP contribution in [0.25, 0.3) is 11.0 Å². The van der Waals surface area contributed by atoms with Crippen molar-refractivity contribution in [2.75, 3.05) is 7.11 Å². The van der Waals surface area contributed by atoms with E-state index in [4.69, 9.17) is 4.74 Å². The van der Waals surface area contributed by atoms with Gasteiger partial charge in [0.25, 0.3) is 0 Å². The first kappa shape index (κ1) is 12.3. The topological polar surface area (TPSA) is 52.8 Å². The summed E-state index contributed by atoms with van der Waals surface area (Å²) in [5.74, 6) is 2.40. The zero-order valence-electron chi connectivity index (χ0n) is 11.9. The van der Waals surface area contributed by atoms with Crippen molar-refractivity contribution < 1.29 is 4.74 Å². The van der Waals surface area contributed by atoms with Crippen molar-refractivity contribution in [3.63, 3.8) is 0 Å². The second-order valence-corrected chi connectivity index (χ2v) is 5.45. The molecule has 1 aliphatic rings. The smallest absolute Gasteiger partial charge is 0.132 e. The van der Waals surface area contributed by atoms with Gasteiger partial charge in [-0.1, -0.05) is 12.1 Å². The number of aromatic nitrogens is 4. The van der Waals surface area contributed by atoms with E-state index in [0.717, 1.165) is 29.2 Å². The fourth-order valence-electron chi connectivity index (χ4n) is 2.42. The third-order valence-corrected chi connectivity index (χ3v) is 3.77. The lowest BCUT2D eigenvalue weighted by molar-refractivity contribution is 0.414. The van der Waals surface area contributed by atoms with Crippen LogP contribution in [-0.2, 0) is 6.54 Å². The van der Waals surface area contributed by atoms with Gasteiger partial charge in [0.15, 0.2) is 0 Å². The summed E-state index contributed by atoms with van der Waals surface area (Å²) in [5, 5.41) is 4.53. The van der Waals surface area contributed by atoms with Crippen LogP contribution in [0, 0.1) is 0 Å². The standard InChI is InChI=1S/C16H16N4O/c1-21-13-6-2-11(3-7-13)9-20-10-15-14(19-20)8-17-16(18-15)12-4-5-12/h2-3,6-8,10,12H,4-5,9H2,1H3. The van der Waals surface area contributed by atoms with Gasteiger partial charge in [0.05, 0.1) is 26.0 Å². The molecule has 1 saturated carbocycles. The second-order valence-electron chi connectivity index (χ2n) is 5.45. The Morgan fingerprint density at radius 1 is 1.19 bits per heavy atom. The number of fused-ring (bicyclic) bond motifs is 1. The van der Waals surface area contributed by atoms with Gasteiger partial charge in [-0.2, -0.15) is 5.10 Å². The Labute approximate surface area is 122 Å². The number of ether oxygens (including phenoxy) is 1. The van der Waals surface area contributed by atoms with Crippen molar-refractivity contribution >= 4 is 11.0 Å². The molecule has 0 aliphatic heterocycles. The maximum absolute atomic E-state index is 5.17. The highest BCUT2D eigenvalue weighted by Gasteiger charge is 2.26. The summed E-state index contributed by atoms with van der Waals surface area (Å²) in [6, 6.07) is 8.02. The predicted molar refractivity (Wildman–Crippen MR) is 79.4 cm³/mol. The lowest BCUT2D eigenvalue weighted by atomic mass is 10.2. The second kappa shape index (κ2) is 4.84. The number of hydrogen-bond donors (Lipinski definition) is 0. The number of rotatable bonds is 4. The van der Waals surface area contributed by atoms with Crippen LogP contribution in [0.2, 0.25) is 0 Å². The van der Waals surface area contributed by atoms with Gasteiger partial charge in [-0.25, -0.2) is 9.97 Å². The van der Waals surface area contributed by atoms with E-state index in [1.165, 1.54) is 18.4 Å². The minimum atomic E-state index is 0.569. The summed E-state index contributed by atoms with van der Waals surface area (Å²) in [7, 11) is 1.67. The summed E-state index contributed by atoms with van der Waals surface area (Å²) >= 11 is 0. The number of hydrogen-bond acceptors (Lipinski definition) is 4. The lowest BCUT2D eigenvalue weighted by Gasteiger charge is -2.03. The molecule has 0 N–H and O–H groups in total. The number of methoxy groups -OCH3 is 1. The van der Waals surface area contributed by atoms with E-state index in [0.29, 0.717) is 5.92 Å². The van der Waals surface area contributed by atoms with Crippen LogP contribution in [0.5, 0.6) is 5.75 Å². The molecular weight excluding hydrogens is 264 g/mol. The van der Waals surface area contributed by atoms with Crippen molar-refractivity contribution in [2.45, 2.75) is 25.3 Å². The van der Waals surface area contributed by atoms with Crippen LogP contribution >= 0.6 is 0 Å². The van der Waals surface area contributed by atoms with Gasteiger partial charge >= 0.3 is 0 Å². The molecule has 0 unspecified atom stereocenters. The molecule has 0 bridgehead atoms. The summed E-state index contributed by atoms with van der Waals surface area (Å²) in [6.45, 7) is 0.721. The molecule has 5 heteroatoms. The Morgan fingerprint density at radius 2 is 2.00 bits per heavy atom. The molecule has 1 aliphatic carbocycles. The number of nitrogens with zero attached hydrogens (tertiary/aromatic N) is 4. The van der Waals surface area contributed by atoms with Crippen LogP contribution in [0.1, 0.15) is 30.1 Å². The molecule has 3 aromatic rings. The van der Waals surface area contributed by atoms with Crippen LogP contribution in [0.15, 0.2) is 36.7 Å². The van der Waals surface area contributed by atoms with E-state index in [-0.39, 0.29) is 0 Å². The zero-order valence-corrected chi connectivity index (χ0v) is 11.9. The molecule has 0 atom stereocenters. The SMILES string of the molecule is COc1ccc(Cn2cc3nc(C4CC4)ncc3n2)cc1. The number of benzene rings is 1. The van der Waals surface area contributed by atoms with Crippen LogP contribution < -0.4 is 4.74 Å². The van der Waals surface area contributed by atoms with E-state index in [1.807, 2.05) is 41.3 Å². The van der Waals surface area contributed by atoms with E-state index >= 15 is 0 Å². The van der Waals surface area contributed by atoms with Gasteiger partial charge in [0.2, 0.25) is 0 Å². The molecule has 0 spiro atoms. The Balaban J connectivity index is 1.60. The molecule has 106 valence electrons. The van der Waals surface area contributed by atoms with Crippen LogP contribution in [-0.4, -0.2) is 26.9 Å². The fourth-order valence-corrected chi connectivity index (χ4v) is 2.42. The first-order valence-electron chi connectivity index (χ1n) is 7.15. The van der Waals surface area contributed by atoms with Crippen molar-refractivity contribution in [3.05, 3.63) is 48.0 Å². The van der Waals surface area contributed by atoms with Crippen molar-refractivity contribution in [2.24, 2.45) is 0 Å². The van der Waals surface area contributed by atoms with Gasteiger partial charge in [-0.15, -0.1) is 0 Å². The Bertz CT molecular complexity index is 775. The first-order valence-corrected chi connectivity index (χ1v) is 7.15. The Morgan fingerprint density at radius 3 is 2.71 bits per heavy atom. The predicted octanol–water partition coefficient (Wildman–Crippen LogP) is 2.76. The van der Waals surface area contributed by atoms with Crippen LogP contribution in [0.4, 0.5) is 0 Å². The third-order valence-electron chi connectivity index (χ3n) is 3.77. The molecule has 0 saturated heterocycles. The van der Waals surface area contributed by atoms with Crippen molar-refractivity contribution in [3.8, 4) is 5.75 Å². The molecule has 2 aromatic heterocycles. The average molecular weight is 280 g/mol. The largest absolute Gasteiger partial charge is 0.497 e. The molecule has 0 radical (unpaired) electrons. The highest BCUT2D eigenvalue weighted by Crippen LogP contribution is 2.38. The van der Waals surface area contributed by atoms with Gasteiger partial charge in [-0.3, -0.25) is 4.68 Å².